The van der Waals surface area contributed by atoms with Gasteiger partial charge in [-0.25, -0.2) is 0 Å². The van der Waals surface area contributed by atoms with Gasteiger partial charge in [-0.3, -0.25) is 4.79 Å². The molecule has 11 heavy (non-hydrogen) atoms. The zero-order valence-electron chi connectivity index (χ0n) is 6.47. The summed E-state index contributed by atoms with van der Waals surface area (Å²) in [5.41, 5.74) is 3.70. The normalized spacial score (nSPS) is 30.4. The number of carbonyl (C=O) groups excluding carboxylic acids is 1. The van der Waals surface area contributed by atoms with Crippen molar-refractivity contribution in [3.05, 3.63) is 0 Å². The van der Waals surface area contributed by atoms with Gasteiger partial charge in [-0.05, 0) is 12.8 Å². The van der Waals surface area contributed by atoms with E-state index in [1.54, 1.807) is 0 Å². The molecule has 1 fully saturated rings. The SMILES string of the molecule is O=C1CCCC[C@H]2CNN=C12. The second-order valence-electron chi connectivity index (χ2n) is 3.23. The van der Waals surface area contributed by atoms with Crippen LogP contribution in [0.25, 0.3) is 0 Å². The van der Waals surface area contributed by atoms with Crippen LogP contribution >= 0.6 is 0 Å². The number of ketones is 1. The Labute approximate surface area is 65.9 Å². The average Bonchev–Trinajstić information content (AvgIpc) is 2.40. The summed E-state index contributed by atoms with van der Waals surface area (Å²) < 4.78 is 0. The summed E-state index contributed by atoms with van der Waals surface area (Å²) in [5.74, 6) is 0.683. The molecule has 0 saturated heterocycles. The van der Waals surface area contributed by atoms with Gasteiger partial charge in [-0.15, -0.1) is 0 Å². The highest BCUT2D eigenvalue weighted by molar-refractivity contribution is 6.41. The van der Waals surface area contributed by atoms with Crippen molar-refractivity contribution in [2.75, 3.05) is 6.54 Å². The van der Waals surface area contributed by atoms with Crippen LogP contribution in [0, 0.1) is 5.92 Å². The molecule has 0 aromatic rings. The summed E-state index contributed by atoms with van der Waals surface area (Å²) in [7, 11) is 0. The Bertz CT molecular complexity index is 210. The molecule has 1 heterocycles. The molecular weight excluding hydrogens is 140 g/mol. The first-order valence-electron chi connectivity index (χ1n) is 4.21. The van der Waals surface area contributed by atoms with Crippen LogP contribution in [-0.4, -0.2) is 18.0 Å². The van der Waals surface area contributed by atoms with Crippen molar-refractivity contribution in [2.24, 2.45) is 11.0 Å². The molecule has 60 valence electrons. The molecule has 0 radical (unpaired) electrons. The number of rotatable bonds is 0. The van der Waals surface area contributed by atoms with Crippen LogP contribution in [0.4, 0.5) is 0 Å². The summed E-state index contributed by atoms with van der Waals surface area (Å²) in [6.07, 6.45) is 4.07. The van der Waals surface area contributed by atoms with E-state index in [9.17, 15) is 4.79 Å². The summed E-state index contributed by atoms with van der Waals surface area (Å²) in [6, 6.07) is 0. The Balaban J connectivity index is 2.20. The van der Waals surface area contributed by atoms with E-state index in [1.807, 2.05) is 0 Å². The molecule has 0 aromatic heterocycles. The second-order valence-corrected chi connectivity index (χ2v) is 3.23. The molecule has 0 bridgehead atoms. The van der Waals surface area contributed by atoms with E-state index in [-0.39, 0.29) is 5.78 Å². The molecule has 3 nitrogen and oxygen atoms in total. The lowest BCUT2D eigenvalue weighted by Gasteiger charge is -2.03. The van der Waals surface area contributed by atoms with E-state index in [0.29, 0.717) is 12.3 Å². The number of nitrogens with one attached hydrogen (secondary N) is 1. The monoisotopic (exact) mass is 152 g/mol. The largest absolute Gasteiger partial charge is 0.309 e. The van der Waals surface area contributed by atoms with E-state index < -0.39 is 0 Å². The number of nitrogens with zero attached hydrogens (tertiary/aromatic N) is 1. The van der Waals surface area contributed by atoms with E-state index >= 15 is 0 Å². The number of hydrogen-bond donors (Lipinski definition) is 1. The Morgan fingerprint density at radius 2 is 2.36 bits per heavy atom. The van der Waals surface area contributed by atoms with Crippen LogP contribution < -0.4 is 5.43 Å². The zero-order valence-corrected chi connectivity index (χ0v) is 6.47. The number of carbonyl (C=O) groups is 1. The number of hydrazone groups is 1. The lowest BCUT2D eigenvalue weighted by Crippen LogP contribution is -2.20. The molecule has 0 unspecified atom stereocenters. The van der Waals surface area contributed by atoms with E-state index in [1.165, 1.54) is 6.42 Å². The molecule has 0 spiro atoms. The molecule has 0 amide bonds. The number of hydrogen-bond acceptors (Lipinski definition) is 3. The van der Waals surface area contributed by atoms with Crippen molar-refractivity contribution in [3.8, 4) is 0 Å². The highest BCUT2D eigenvalue weighted by atomic mass is 16.1. The van der Waals surface area contributed by atoms with E-state index in [4.69, 9.17) is 0 Å². The van der Waals surface area contributed by atoms with Gasteiger partial charge >= 0.3 is 0 Å². The smallest absolute Gasteiger partial charge is 0.179 e. The van der Waals surface area contributed by atoms with Gasteiger partial charge < -0.3 is 5.43 Å². The van der Waals surface area contributed by atoms with Gasteiger partial charge in [0.05, 0.1) is 0 Å². The van der Waals surface area contributed by atoms with Crippen molar-refractivity contribution < 1.29 is 4.79 Å². The Morgan fingerprint density at radius 3 is 3.27 bits per heavy atom. The van der Waals surface area contributed by atoms with E-state index in [2.05, 4.69) is 10.5 Å². The first-order chi connectivity index (χ1) is 5.38. The van der Waals surface area contributed by atoms with E-state index in [0.717, 1.165) is 25.1 Å². The molecule has 2 rings (SSSR count). The molecule has 1 N–H and O–H groups in total. The summed E-state index contributed by atoms with van der Waals surface area (Å²) in [4.78, 5) is 11.3. The standard InChI is InChI=1S/C8H12N2O/c11-7-4-2-1-3-6-5-9-10-8(6)7/h6,9H,1-5H2/t6-/m0/s1. The average molecular weight is 152 g/mol. The first kappa shape index (κ1) is 6.83. The maximum Gasteiger partial charge on any atom is 0.179 e. The lowest BCUT2D eigenvalue weighted by atomic mass is 9.99. The van der Waals surface area contributed by atoms with Crippen LogP contribution in [0.2, 0.25) is 0 Å². The van der Waals surface area contributed by atoms with Gasteiger partial charge in [-0.1, -0.05) is 6.42 Å². The minimum atomic E-state index is 0.262. The minimum Gasteiger partial charge on any atom is -0.309 e. The van der Waals surface area contributed by atoms with Crippen LogP contribution in [0.15, 0.2) is 5.10 Å². The van der Waals surface area contributed by atoms with Crippen LogP contribution in [-0.2, 0) is 4.79 Å². The molecular formula is C8H12N2O. The fraction of sp³-hybridized carbons (Fsp3) is 0.750. The Kier molecular flexibility index (Phi) is 1.64. The minimum absolute atomic E-state index is 0.262. The van der Waals surface area contributed by atoms with Crippen molar-refractivity contribution in [3.63, 3.8) is 0 Å². The first-order valence-corrected chi connectivity index (χ1v) is 4.21. The second kappa shape index (κ2) is 2.64. The molecule has 1 saturated carbocycles. The number of fused-ring (bicyclic) bond motifs is 1. The topological polar surface area (TPSA) is 41.5 Å². The van der Waals surface area contributed by atoms with Gasteiger partial charge in [0, 0.05) is 18.9 Å². The molecule has 3 heteroatoms. The van der Waals surface area contributed by atoms with Gasteiger partial charge in [0.25, 0.3) is 0 Å². The maximum absolute atomic E-state index is 11.3. The third kappa shape index (κ3) is 1.15. The Hall–Kier alpha value is -0.860. The Morgan fingerprint density at radius 1 is 1.45 bits per heavy atom. The molecule has 1 aliphatic carbocycles. The lowest BCUT2D eigenvalue weighted by molar-refractivity contribution is -0.113. The zero-order chi connectivity index (χ0) is 7.68. The molecule has 2 aliphatic rings. The maximum atomic E-state index is 11.3. The third-order valence-corrected chi connectivity index (χ3v) is 2.42. The summed E-state index contributed by atoms with van der Waals surface area (Å²) in [5, 5.41) is 4.02. The highest BCUT2D eigenvalue weighted by Crippen LogP contribution is 2.20. The third-order valence-electron chi connectivity index (χ3n) is 2.42. The van der Waals surface area contributed by atoms with Gasteiger partial charge in [0.2, 0.25) is 0 Å². The quantitative estimate of drug-likeness (QED) is 0.555. The number of Topliss-reactive ketones (excluding diaryl/α,β-unsaturated/α-hetero) is 1. The predicted molar refractivity (Wildman–Crippen MR) is 42.4 cm³/mol. The summed E-state index contributed by atoms with van der Waals surface area (Å²) in [6.45, 7) is 0.876. The summed E-state index contributed by atoms with van der Waals surface area (Å²) >= 11 is 0. The van der Waals surface area contributed by atoms with Crippen LogP contribution in [0.5, 0.6) is 0 Å². The van der Waals surface area contributed by atoms with Crippen molar-refractivity contribution in [1.82, 2.24) is 5.43 Å². The fourth-order valence-electron chi connectivity index (χ4n) is 1.76. The van der Waals surface area contributed by atoms with Gasteiger partial charge in [0.15, 0.2) is 5.78 Å². The van der Waals surface area contributed by atoms with Crippen molar-refractivity contribution >= 4 is 11.5 Å². The predicted octanol–water partition coefficient (Wildman–Crippen LogP) is 0.705. The molecule has 0 aromatic carbocycles. The molecule has 1 aliphatic heterocycles. The van der Waals surface area contributed by atoms with Gasteiger partial charge in [0.1, 0.15) is 5.71 Å². The highest BCUT2D eigenvalue weighted by Gasteiger charge is 2.28. The van der Waals surface area contributed by atoms with Crippen LogP contribution in [0.3, 0.4) is 0 Å². The van der Waals surface area contributed by atoms with Crippen LogP contribution in [0.1, 0.15) is 25.7 Å². The molecule has 1 atom stereocenters. The van der Waals surface area contributed by atoms with Crippen molar-refractivity contribution in [1.29, 1.82) is 0 Å². The fourth-order valence-corrected chi connectivity index (χ4v) is 1.76. The van der Waals surface area contributed by atoms with Crippen molar-refractivity contribution in [2.45, 2.75) is 25.7 Å². The van der Waals surface area contributed by atoms with Gasteiger partial charge in [-0.2, -0.15) is 5.10 Å².